The second-order valence-corrected chi connectivity index (χ2v) is 8.98. The van der Waals surface area contributed by atoms with Gasteiger partial charge in [0.05, 0.1) is 0 Å². The average molecular weight is 414 g/mol. The van der Waals surface area contributed by atoms with Crippen LogP contribution < -0.4 is 5.32 Å². The van der Waals surface area contributed by atoms with Crippen LogP contribution in [-0.2, 0) is 0 Å². The van der Waals surface area contributed by atoms with E-state index in [4.69, 9.17) is 10.2 Å². The van der Waals surface area contributed by atoms with Crippen molar-refractivity contribution in [1.82, 2.24) is 5.32 Å². The fraction of sp³-hybridized carbons (Fsp3) is 1.00. The van der Waals surface area contributed by atoms with Gasteiger partial charge in [-0.05, 0) is 38.8 Å². The van der Waals surface area contributed by atoms with Crippen LogP contribution in [0.3, 0.4) is 0 Å². The van der Waals surface area contributed by atoms with Crippen LogP contribution >= 0.6 is 0 Å². The molecule has 0 spiro atoms. The van der Waals surface area contributed by atoms with Crippen LogP contribution in [0.5, 0.6) is 0 Å². The van der Waals surface area contributed by atoms with Crippen LogP contribution in [0.1, 0.15) is 141 Å². The fourth-order valence-corrected chi connectivity index (χ4v) is 4.03. The van der Waals surface area contributed by atoms with Gasteiger partial charge >= 0.3 is 0 Å². The highest BCUT2D eigenvalue weighted by atomic mass is 16.3. The van der Waals surface area contributed by atoms with Gasteiger partial charge in [0.1, 0.15) is 0 Å². The van der Waals surface area contributed by atoms with E-state index in [0.717, 1.165) is 12.8 Å². The third-order valence-corrected chi connectivity index (χ3v) is 6.02. The lowest BCUT2D eigenvalue weighted by Crippen LogP contribution is -2.16. The molecule has 0 aliphatic rings. The molecule has 0 aliphatic heterocycles. The van der Waals surface area contributed by atoms with Gasteiger partial charge in [-0.1, -0.05) is 116 Å². The molecule has 0 saturated carbocycles. The SMILES string of the molecule is OCCCCCCCCCCCCCNCCCCCCCCCCCCCO. The second kappa shape index (κ2) is 27.9. The Labute approximate surface area is 183 Å². The van der Waals surface area contributed by atoms with Crippen LogP contribution in [0, 0.1) is 0 Å². The van der Waals surface area contributed by atoms with E-state index in [2.05, 4.69) is 5.32 Å². The Morgan fingerprint density at radius 1 is 0.276 bits per heavy atom. The standard InChI is InChI=1S/C26H55NO2/c28-25-21-17-13-9-5-1-3-7-11-15-19-23-27-24-20-16-12-8-4-2-6-10-14-18-22-26-29/h27-29H,1-26H2. The molecule has 29 heavy (non-hydrogen) atoms. The lowest BCUT2D eigenvalue weighted by atomic mass is 10.1. The summed E-state index contributed by atoms with van der Waals surface area (Å²) in [6.07, 6.45) is 29.3. The molecular weight excluding hydrogens is 358 g/mol. The van der Waals surface area contributed by atoms with Crippen molar-refractivity contribution in [3.63, 3.8) is 0 Å². The van der Waals surface area contributed by atoms with Crippen molar-refractivity contribution in [3.05, 3.63) is 0 Å². The number of aliphatic hydroxyl groups excluding tert-OH is 2. The summed E-state index contributed by atoms with van der Waals surface area (Å²) < 4.78 is 0. The molecule has 0 heterocycles. The molecule has 3 nitrogen and oxygen atoms in total. The first-order valence-electron chi connectivity index (χ1n) is 13.3. The molecular formula is C26H55NO2. The maximum absolute atomic E-state index is 8.74. The van der Waals surface area contributed by atoms with Crippen molar-refractivity contribution in [2.75, 3.05) is 26.3 Å². The number of hydrogen-bond acceptors (Lipinski definition) is 3. The molecule has 0 amide bonds. The highest BCUT2D eigenvalue weighted by Gasteiger charge is 1.95. The highest BCUT2D eigenvalue weighted by Crippen LogP contribution is 2.12. The zero-order valence-corrected chi connectivity index (χ0v) is 19.8. The van der Waals surface area contributed by atoms with Crippen molar-refractivity contribution < 1.29 is 10.2 Å². The molecule has 0 bridgehead atoms. The molecule has 0 aromatic rings. The fourth-order valence-electron chi connectivity index (χ4n) is 4.03. The van der Waals surface area contributed by atoms with E-state index in [-0.39, 0.29) is 0 Å². The monoisotopic (exact) mass is 413 g/mol. The zero-order valence-electron chi connectivity index (χ0n) is 19.8. The zero-order chi connectivity index (χ0) is 21.1. The Bertz CT molecular complexity index is 247. The lowest BCUT2D eigenvalue weighted by Gasteiger charge is -2.06. The van der Waals surface area contributed by atoms with E-state index in [1.807, 2.05) is 0 Å². The summed E-state index contributed by atoms with van der Waals surface area (Å²) in [5, 5.41) is 21.1. The Balaban J connectivity index is 2.97. The van der Waals surface area contributed by atoms with Crippen LogP contribution in [0.2, 0.25) is 0 Å². The van der Waals surface area contributed by atoms with E-state index in [1.165, 1.54) is 142 Å². The molecule has 176 valence electrons. The van der Waals surface area contributed by atoms with Gasteiger partial charge in [0.25, 0.3) is 0 Å². The minimum atomic E-state index is 0.364. The molecule has 3 N–H and O–H groups in total. The lowest BCUT2D eigenvalue weighted by molar-refractivity contribution is 0.282. The maximum atomic E-state index is 8.74. The van der Waals surface area contributed by atoms with Gasteiger partial charge in [-0.15, -0.1) is 0 Å². The first kappa shape index (κ1) is 28.9. The van der Waals surface area contributed by atoms with E-state index in [9.17, 15) is 0 Å². The van der Waals surface area contributed by atoms with E-state index < -0.39 is 0 Å². The summed E-state index contributed by atoms with van der Waals surface area (Å²) in [7, 11) is 0. The van der Waals surface area contributed by atoms with Crippen molar-refractivity contribution in [2.45, 2.75) is 141 Å². The van der Waals surface area contributed by atoms with Crippen molar-refractivity contribution in [3.8, 4) is 0 Å². The molecule has 0 atom stereocenters. The summed E-state index contributed by atoms with van der Waals surface area (Å²) in [5.74, 6) is 0. The topological polar surface area (TPSA) is 52.5 Å². The van der Waals surface area contributed by atoms with Crippen LogP contribution in [0.4, 0.5) is 0 Å². The van der Waals surface area contributed by atoms with Crippen molar-refractivity contribution >= 4 is 0 Å². The van der Waals surface area contributed by atoms with Gasteiger partial charge in [0.2, 0.25) is 0 Å². The summed E-state index contributed by atoms with van der Waals surface area (Å²) in [4.78, 5) is 0. The first-order valence-corrected chi connectivity index (χ1v) is 13.3. The largest absolute Gasteiger partial charge is 0.396 e. The smallest absolute Gasteiger partial charge is 0.0431 e. The van der Waals surface area contributed by atoms with Crippen LogP contribution in [0.25, 0.3) is 0 Å². The highest BCUT2D eigenvalue weighted by molar-refractivity contribution is 4.53. The van der Waals surface area contributed by atoms with Crippen LogP contribution in [-0.4, -0.2) is 36.5 Å². The third kappa shape index (κ3) is 27.9. The molecule has 0 fully saturated rings. The normalized spacial score (nSPS) is 11.4. The number of hydrogen-bond donors (Lipinski definition) is 3. The number of rotatable bonds is 26. The number of unbranched alkanes of at least 4 members (excludes halogenated alkanes) is 20. The minimum absolute atomic E-state index is 0.364. The molecule has 3 heteroatoms. The summed E-state index contributed by atoms with van der Waals surface area (Å²) in [6.45, 7) is 3.15. The average Bonchev–Trinajstić information content (AvgIpc) is 2.74. The number of nitrogens with one attached hydrogen (secondary N) is 1. The third-order valence-electron chi connectivity index (χ3n) is 6.02. The Kier molecular flexibility index (Phi) is 27.8. The summed E-state index contributed by atoms with van der Waals surface area (Å²) in [5.41, 5.74) is 0. The summed E-state index contributed by atoms with van der Waals surface area (Å²) >= 11 is 0. The molecule has 0 aliphatic carbocycles. The van der Waals surface area contributed by atoms with Gasteiger partial charge in [0.15, 0.2) is 0 Å². The van der Waals surface area contributed by atoms with Gasteiger partial charge in [-0.2, -0.15) is 0 Å². The Morgan fingerprint density at radius 3 is 0.724 bits per heavy atom. The first-order chi connectivity index (χ1) is 14.4. The van der Waals surface area contributed by atoms with Gasteiger partial charge in [0, 0.05) is 13.2 Å². The molecule has 0 radical (unpaired) electrons. The summed E-state index contributed by atoms with van der Waals surface area (Å²) in [6, 6.07) is 0. The second-order valence-electron chi connectivity index (χ2n) is 8.98. The number of aliphatic hydroxyl groups is 2. The minimum Gasteiger partial charge on any atom is -0.396 e. The molecule has 0 aromatic heterocycles. The predicted molar refractivity (Wildman–Crippen MR) is 129 cm³/mol. The van der Waals surface area contributed by atoms with E-state index >= 15 is 0 Å². The maximum Gasteiger partial charge on any atom is 0.0431 e. The predicted octanol–water partition coefficient (Wildman–Crippen LogP) is 7.14. The van der Waals surface area contributed by atoms with Crippen molar-refractivity contribution in [1.29, 1.82) is 0 Å². The van der Waals surface area contributed by atoms with Gasteiger partial charge in [-0.25, -0.2) is 0 Å². The Morgan fingerprint density at radius 2 is 0.483 bits per heavy atom. The molecule has 0 rings (SSSR count). The van der Waals surface area contributed by atoms with Crippen molar-refractivity contribution in [2.24, 2.45) is 0 Å². The quantitative estimate of drug-likeness (QED) is 0.132. The van der Waals surface area contributed by atoms with E-state index in [1.54, 1.807) is 0 Å². The Hall–Kier alpha value is -0.120. The van der Waals surface area contributed by atoms with Gasteiger partial charge in [-0.3, -0.25) is 0 Å². The molecule has 0 unspecified atom stereocenters. The van der Waals surface area contributed by atoms with E-state index in [0.29, 0.717) is 13.2 Å². The molecule has 0 saturated heterocycles. The van der Waals surface area contributed by atoms with Crippen LogP contribution in [0.15, 0.2) is 0 Å². The van der Waals surface area contributed by atoms with Gasteiger partial charge < -0.3 is 15.5 Å². The molecule has 0 aromatic carbocycles.